The summed E-state index contributed by atoms with van der Waals surface area (Å²) in [7, 11) is 2.19. The summed E-state index contributed by atoms with van der Waals surface area (Å²) in [5.41, 5.74) is 0.325. The third-order valence-corrected chi connectivity index (χ3v) is 5.15. The minimum atomic E-state index is 0.325. The first-order valence-electron chi connectivity index (χ1n) is 5.85. The van der Waals surface area contributed by atoms with Crippen LogP contribution < -0.4 is 0 Å². The van der Waals surface area contributed by atoms with Crippen LogP contribution in [0.25, 0.3) is 0 Å². The first kappa shape index (κ1) is 15.5. The molecule has 0 aromatic carbocycles. The Hall–Kier alpha value is 0.490. The molecule has 1 unspecified atom stereocenters. The third kappa shape index (κ3) is 5.33. The van der Waals surface area contributed by atoms with E-state index < -0.39 is 0 Å². The molecule has 0 radical (unpaired) electrons. The van der Waals surface area contributed by atoms with E-state index in [9.17, 15) is 0 Å². The molecule has 98 valence electrons. The number of nitrogens with zero attached hydrogens (tertiary/aromatic N) is 1. The first-order valence-corrected chi connectivity index (χ1v) is 8.15. The van der Waals surface area contributed by atoms with Crippen LogP contribution in [0, 0.1) is 11.3 Å². The first-order chi connectivity index (χ1) is 7.82. The maximum absolute atomic E-state index is 4.48. The highest BCUT2D eigenvalue weighted by Crippen LogP contribution is 2.28. The predicted octanol–water partition coefficient (Wildman–Crippen LogP) is 4.53. The zero-order chi connectivity index (χ0) is 13.1. The van der Waals surface area contributed by atoms with Crippen LogP contribution in [-0.2, 0) is 6.54 Å². The van der Waals surface area contributed by atoms with E-state index in [0.29, 0.717) is 11.3 Å². The lowest BCUT2D eigenvalue weighted by Gasteiger charge is -2.32. The monoisotopic (exact) mass is 335 g/mol. The van der Waals surface area contributed by atoms with Crippen molar-refractivity contribution < 1.29 is 0 Å². The van der Waals surface area contributed by atoms with Crippen LogP contribution in [-0.4, -0.2) is 24.2 Å². The zero-order valence-electron chi connectivity index (χ0n) is 11.0. The second-order valence-electron chi connectivity index (χ2n) is 5.67. The van der Waals surface area contributed by atoms with E-state index in [0.717, 1.165) is 18.8 Å². The number of rotatable bonds is 5. The van der Waals surface area contributed by atoms with Gasteiger partial charge in [0.05, 0.1) is 0 Å². The average Bonchev–Trinajstić information content (AvgIpc) is 2.58. The molecule has 4 heteroatoms. The molecule has 0 aliphatic carbocycles. The van der Waals surface area contributed by atoms with E-state index >= 15 is 0 Å². The molecule has 1 aromatic heterocycles. The van der Waals surface area contributed by atoms with Gasteiger partial charge in [-0.15, -0.1) is 11.3 Å². The van der Waals surface area contributed by atoms with Gasteiger partial charge >= 0.3 is 0 Å². The average molecular weight is 336 g/mol. The summed E-state index contributed by atoms with van der Waals surface area (Å²) in [6.07, 6.45) is 0. The summed E-state index contributed by atoms with van der Waals surface area (Å²) >= 11 is 9.79. The third-order valence-electron chi connectivity index (χ3n) is 3.02. The Bertz CT molecular complexity index is 343. The van der Waals surface area contributed by atoms with E-state index in [1.165, 1.54) is 9.35 Å². The van der Waals surface area contributed by atoms with Crippen molar-refractivity contribution in [3.8, 4) is 0 Å². The second kappa shape index (κ2) is 6.60. The molecule has 1 atom stereocenters. The van der Waals surface area contributed by atoms with Crippen molar-refractivity contribution in [2.45, 2.75) is 27.3 Å². The Morgan fingerprint density at radius 3 is 2.53 bits per heavy atom. The van der Waals surface area contributed by atoms with Crippen molar-refractivity contribution in [1.29, 1.82) is 0 Å². The largest absolute Gasteiger partial charge is 0.301 e. The Kier molecular flexibility index (Phi) is 6.03. The Labute approximate surface area is 123 Å². The van der Waals surface area contributed by atoms with Gasteiger partial charge < -0.3 is 4.90 Å². The lowest BCUT2D eigenvalue weighted by molar-refractivity contribution is 0.184. The van der Waals surface area contributed by atoms with Crippen LogP contribution in [0.15, 0.2) is 15.9 Å². The van der Waals surface area contributed by atoms with Gasteiger partial charge in [0.1, 0.15) is 0 Å². The second-order valence-corrected chi connectivity index (χ2v) is 7.95. The van der Waals surface area contributed by atoms with E-state index in [1.54, 1.807) is 0 Å². The number of thiol groups is 1. The van der Waals surface area contributed by atoms with Gasteiger partial charge in [-0.2, -0.15) is 12.6 Å². The lowest BCUT2D eigenvalue weighted by Crippen LogP contribution is -2.34. The minimum absolute atomic E-state index is 0.325. The van der Waals surface area contributed by atoms with Crippen LogP contribution in [0.2, 0.25) is 0 Å². The van der Waals surface area contributed by atoms with Crippen LogP contribution >= 0.6 is 39.9 Å². The minimum Gasteiger partial charge on any atom is -0.301 e. The normalized spacial score (nSPS) is 14.3. The van der Waals surface area contributed by atoms with Crippen molar-refractivity contribution in [3.05, 3.63) is 20.8 Å². The standard InChI is InChI=1S/C13H22BrNS2/c1-13(2,3)10(8-16)6-15(4)7-12-5-11(14)9-17-12/h5,9-10,16H,6-8H2,1-4H3. The number of halogens is 1. The molecule has 0 amide bonds. The molecule has 1 aromatic rings. The summed E-state index contributed by atoms with van der Waals surface area (Å²) in [4.78, 5) is 3.80. The summed E-state index contributed by atoms with van der Waals surface area (Å²) in [6.45, 7) is 9.01. The molecule has 0 aliphatic rings. The molecule has 0 fully saturated rings. The molecule has 1 heterocycles. The van der Waals surface area contributed by atoms with Gasteiger partial charge in [0, 0.05) is 27.8 Å². The van der Waals surface area contributed by atoms with E-state index in [-0.39, 0.29) is 0 Å². The maximum Gasteiger partial charge on any atom is 0.0325 e. The highest BCUT2D eigenvalue weighted by Gasteiger charge is 2.24. The van der Waals surface area contributed by atoms with E-state index in [4.69, 9.17) is 0 Å². The summed E-state index contributed by atoms with van der Waals surface area (Å²) in [5.74, 6) is 1.57. The molecular weight excluding hydrogens is 314 g/mol. The van der Waals surface area contributed by atoms with Crippen LogP contribution in [0.1, 0.15) is 25.6 Å². The van der Waals surface area contributed by atoms with Gasteiger partial charge in [0.25, 0.3) is 0 Å². The zero-order valence-corrected chi connectivity index (χ0v) is 14.3. The molecule has 0 bridgehead atoms. The van der Waals surface area contributed by atoms with E-state index in [2.05, 4.69) is 72.7 Å². The summed E-state index contributed by atoms with van der Waals surface area (Å²) < 4.78 is 1.19. The van der Waals surface area contributed by atoms with Crippen LogP contribution in [0.4, 0.5) is 0 Å². The number of thiophene rings is 1. The Balaban J connectivity index is 2.51. The predicted molar refractivity (Wildman–Crippen MR) is 85.2 cm³/mol. The van der Waals surface area contributed by atoms with Gasteiger partial charge in [-0.1, -0.05) is 20.8 Å². The van der Waals surface area contributed by atoms with Gasteiger partial charge in [0.2, 0.25) is 0 Å². The number of hydrogen-bond donors (Lipinski definition) is 1. The molecule has 0 spiro atoms. The van der Waals surface area contributed by atoms with Crippen molar-refractivity contribution >= 4 is 39.9 Å². The highest BCUT2D eigenvalue weighted by molar-refractivity contribution is 9.10. The SMILES string of the molecule is CN(Cc1cc(Br)cs1)CC(CS)C(C)(C)C. The van der Waals surface area contributed by atoms with Gasteiger partial charge in [0.15, 0.2) is 0 Å². The molecule has 1 nitrogen and oxygen atoms in total. The van der Waals surface area contributed by atoms with Crippen molar-refractivity contribution in [2.75, 3.05) is 19.3 Å². The Morgan fingerprint density at radius 1 is 1.47 bits per heavy atom. The highest BCUT2D eigenvalue weighted by atomic mass is 79.9. The summed E-state index contributed by atoms with van der Waals surface area (Å²) in [6, 6.07) is 2.20. The van der Waals surface area contributed by atoms with Crippen molar-refractivity contribution in [2.24, 2.45) is 11.3 Å². The van der Waals surface area contributed by atoms with Gasteiger partial charge in [-0.25, -0.2) is 0 Å². The fraction of sp³-hybridized carbons (Fsp3) is 0.692. The number of hydrogen-bond acceptors (Lipinski definition) is 3. The van der Waals surface area contributed by atoms with Crippen LogP contribution in [0.3, 0.4) is 0 Å². The molecule has 0 saturated heterocycles. The van der Waals surface area contributed by atoms with E-state index in [1.807, 2.05) is 11.3 Å². The molecular formula is C13H22BrNS2. The lowest BCUT2D eigenvalue weighted by atomic mass is 9.81. The summed E-state index contributed by atoms with van der Waals surface area (Å²) in [5, 5.41) is 2.14. The Morgan fingerprint density at radius 2 is 2.12 bits per heavy atom. The topological polar surface area (TPSA) is 3.24 Å². The molecule has 0 saturated carbocycles. The van der Waals surface area contributed by atoms with Gasteiger partial charge in [-0.3, -0.25) is 0 Å². The van der Waals surface area contributed by atoms with Crippen molar-refractivity contribution in [1.82, 2.24) is 4.90 Å². The molecule has 0 aliphatic heterocycles. The molecule has 17 heavy (non-hydrogen) atoms. The maximum atomic E-state index is 4.48. The van der Waals surface area contributed by atoms with Gasteiger partial charge in [-0.05, 0) is 46.1 Å². The van der Waals surface area contributed by atoms with Crippen LogP contribution in [0.5, 0.6) is 0 Å². The fourth-order valence-corrected chi connectivity index (χ4v) is 3.94. The van der Waals surface area contributed by atoms with Crippen molar-refractivity contribution in [3.63, 3.8) is 0 Å². The molecule has 0 N–H and O–H groups in total. The molecule has 1 rings (SSSR count). The smallest absolute Gasteiger partial charge is 0.0325 e. The quantitative estimate of drug-likeness (QED) is 0.773. The fourth-order valence-electron chi connectivity index (χ4n) is 1.75.